The highest BCUT2D eigenvalue weighted by atomic mass is 35.5. The van der Waals surface area contributed by atoms with Gasteiger partial charge in [-0.25, -0.2) is 22.0 Å². The Kier molecular flexibility index (Phi) is 5.52. The highest BCUT2D eigenvalue weighted by molar-refractivity contribution is 7.90. The first-order chi connectivity index (χ1) is 12.4. The van der Waals surface area contributed by atoms with Crippen molar-refractivity contribution in [3.05, 3.63) is 17.2 Å². The molecule has 0 aromatic heterocycles. The molecule has 1 fully saturated rings. The predicted molar refractivity (Wildman–Crippen MR) is 105 cm³/mol. The molecule has 1 heterocycles. The van der Waals surface area contributed by atoms with E-state index in [2.05, 4.69) is 14.9 Å². The lowest BCUT2D eigenvalue weighted by atomic mass is 9.80. The number of hydrogen-bond donors (Lipinski definition) is 3. The Morgan fingerprint density at radius 1 is 1.30 bits per heavy atom. The summed E-state index contributed by atoms with van der Waals surface area (Å²) in [6.07, 6.45) is 4.19. The monoisotopic (exact) mass is 436 g/mol. The van der Waals surface area contributed by atoms with Crippen molar-refractivity contribution >= 4 is 37.3 Å². The molecule has 0 saturated heterocycles. The molecule has 1 spiro atoms. The summed E-state index contributed by atoms with van der Waals surface area (Å²) in [5.74, 6) is 0.555. The SMILES string of the molecule is CN(C)CCC1CCC2(CC1)Nc1cc(Cl)c(S(N)(=O)=O)cc1S(=O)(=O)N2. The summed E-state index contributed by atoms with van der Waals surface area (Å²) in [6.45, 7) is 1.01. The minimum Gasteiger partial charge on any atom is -0.365 e. The third-order valence-electron chi connectivity index (χ3n) is 5.28. The van der Waals surface area contributed by atoms with E-state index in [0.29, 0.717) is 24.4 Å². The molecule has 1 aromatic carbocycles. The van der Waals surface area contributed by atoms with Crippen LogP contribution in [0.4, 0.5) is 5.69 Å². The number of nitrogens with two attached hydrogens (primary N) is 1. The topological polar surface area (TPSA) is 122 Å². The molecule has 0 amide bonds. The van der Waals surface area contributed by atoms with Crippen LogP contribution in [0.15, 0.2) is 21.9 Å². The largest absolute Gasteiger partial charge is 0.365 e. The molecule has 4 N–H and O–H groups in total. The highest BCUT2D eigenvalue weighted by Gasteiger charge is 2.44. The lowest BCUT2D eigenvalue weighted by Crippen LogP contribution is -2.58. The first kappa shape index (κ1) is 20.8. The predicted octanol–water partition coefficient (Wildman–Crippen LogP) is 1.53. The maximum Gasteiger partial charge on any atom is 0.244 e. The van der Waals surface area contributed by atoms with E-state index in [4.69, 9.17) is 16.7 Å². The molecule has 27 heavy (non-hydrogen) atoms. The van der Waals surface area contributed by atoms with Crippen molar-refractivity contribution in [2.45, 2.75) is 47.6 Å². The minimum absolute atomic E-state index is 0.101. The van der Waals surface area contributed by atoms with Gasteiger partial charge in [-0.1, -0.05) is 11.6 Å². The lowest BCUT2D eigenvalue weighted by Gasteiger charge is -2.45. The molecule has 11 heteroatoms. The van der Waals surface area contributed by atoms with Crippen LogP contribution in [0.1, 0.15) is 32.1 Å². The van der Waals surface area contributed by atoms with Gasteiger partial charge in [0.2, 0.25) is 20.0 Å². The Bertz CT molecular complexity index is 939. The van der Waals surface area contributed by atoms with Crippen molar-refractivity contribution in [1.82, 2.24) is 9.62 Å². The van der Waals surface area contributed by atoms with Crippen molar-refractivity contribution in [2.75, 3.05) is 26.0 Å². The van der Waals surface area contributed by atoms with Gasteiger partial charge in [0.1, 0.15) is 15.5 Å². The number of nitrogens with zero attached hydrogens (tertiary/aromatic N) is 1. The molecule has 152 valence electrons. The molecule has 0 bridgehead atoms. The quantitative estimate of drug-likeness (QED) is 0.657. The number of rotatable bonds is 4. The molecular weight excluding hydrogens is 412 g/mol. The van der Waals surface area contributed by atoms with Crippen LogP contribution >= 0.6 is 11.6 Å². The Labute approximate surface area is 165 Å². The average Bonchev–Trinajstić information content (AvgIpc) is 2.51. The molecule has 3 rings (SSSR count). The fourth-order valence-corrected chi connectivity index (χ4v) is 6.52. The smallest absolute Gasteiger partial charge is 0.244 e. The van der Waals surface area contributed by atoms with Crippen LogP contribution in [-0.4, -0.2) is 48.0 Å². The number of halogens is 1. The molecule has 1 aromatic rings. The molecular formula is C16H25ClN4O4S2. The van der Waals surface area contributed by atoms with E-state index >= 15 is 0 Å². The Hall–Kier alpha value is -0.910. The number of nitrogens with one attached hydrogen (secondary N) is 2. The van der Waals surface area contributed by atoms with Crippen molar-refractivity contribution in [2.24, 2.45) is 11.1 Å². The van der Waals surface area contributed by atoms with Crippen LogP contribution in [0.3, 0.4) is 0 Å². The summed E-state index contributed by atoms with van der Waals surface area (Å²) in [7, 11) is -3.94. The molecule has 1 aliphatic heterocycles. The zero-order valence-electron chi connectivity index (χ0n) is 15.3. The van der Waals surface area contributed by atoms with E-state index in [1.165, 1.54) is 6.07 Å². The summed E-state index contributed by atoms with van der Waals surface area (Å²) in [6, 6.07) is 2.34. The van der Waals surface area contributed by atoms with Gasteiger partial charge in [0.25, 0.3) is 0 Å². The van der Waals surface area contributed by atoms with Crippen LogP contribution < -0.4 is 15.2 Å². The van der Waals surface area contributed by atoms with E-state index < -0.39 is 30.6 Å². The fraction of sp³-hybridized carbons (Fsp3) is 0.625. The number of anilines is 1. The van der Waals surface area contributed by atoms with Crippen LogP contribution in [-0.2, 0) is 20.0 Å². The third-order valence-corrected chi connectivity index (χ3v) is 8.23. The van der Waals surface area contributed by atoms with Gasteiger partial charge >= 0.3 is 0 Å². The summed E-state index contributed by atoms with van der Waals surface area (Å²) in [5, 5.41) is 8.28. The number of primary sulfonamides is 1. The molecule has 0 radical (unpaired) electrons. The van der Waals surface area contributed by atoms with Gasteiger partial charge < -0.3 is 10.2 Å². The van der Waals surface area contributed by atoms with E-state index in [-0.39, 0.29) is 9.92 Å². The van der Waals surface area contributed by atoms with Crippen molar-refractivity contribution < 1.29 is 16.8 Å². The van der Waals surface area contributed by atoms with Crippen LogP contribution in [0.2, 0.25) is 5.02 Å². The van der Waals surface area contributed by atoms with Gasteiger partial charge in [0.05, 0.1) is 10.7 Å². The maximum atomic E-state index is 12.8. The second kappa shape index (κ2) is 7.16. The van der Waals surface area contributed by atoms with Gasteiger partial charge in [-0.2, -0.15) is 4.72 Å². The van der Waals surface area contributed by atoms with Gasteiger partial charge in [-0.05, 0) is 70.8 Å². The van der Waals surface area contributed by atoms with E-state index in [0.717, 1.165) is 31.9 Å². The lowest BCUT2D eigenvalue weighted by molar-refractivity contribution is 0.216. The van der Waals surface area contributed by atoms with Crippen LogP contribution in [0, 0.1) is 5.92 Å². The van der Waals surface area contributed by atoms with Crippen LogP contribution in [0.25, 0.3) is 0 Å². The Balaban J connectivity index is 1.87. The van der Waals surface area contributed by atoms with E-state index in [1.807, 2.05) is 14.1 Å². The highest BCUT2D eigenvalue weighted by Crippen LogP contribution is 2.42. The second-order valence-electron chi connectivity index (χ2n) is 7.67. The molecule has 0 unspecified atom stereocenters. The molecule has 1 aliphatic carbocycles. The van der Waals surface area contributed by atoms with Gasteiger partial charge in [0.15, 0.2) is 0 Å². The van der Waals surface area contributed by atoms with Gasteiger partial charge in [-0.3, -0.25) is 0 Å². The maximum absolute atomic E-state index is 12.8. The first-order valence-electron chi connectivity index (χ1n) is 8.75. The van der Waals surface area contributed by atoms with Gasteiger partial charge in [0, 0.05) is 0 Å². The average molecular weight is 437 g/mol. The fourth-order valence-electron chi connectivity index (χ4n) is 3.80. The minimum atomic E-state index is -4.13. The van der Waals surface area contributed by atoms with Crippen molar-refractivity contribution in [3.8, 4) is 0 Å². The molecule has 1 saturated carbocycles. The third kappa shape index (κ3) is 4.41. The summed E-state index contributed by atoms with van der Waals surface area (Å²) < 4.78 is 51.6. The van der Waals surface area contributed by atoms with Crippen molar-refractivity contribution in [3.63, 3.8) is 0 Å². The first-order valence-corrected chi connectivity index (χ1v) is 12.2. The number of sulfonamides is 2. The second-order valence-corrected chi connectivity index (χ2v) is 11.3. The molecule has 8 nitrogen and oxygen atoms in total. The van der Waals surface area contributed by atoms with E-state index in [1.54, 1.807) is 0 Å². The normalized spacial score (nSPS) is 27.4. The van der Waals surface area contributed by atoms with Crippen LogP contribution in [0.5, 0.6) is 0 Å². The summed E-state index contributed by atoms with van der Waals surface area (Å²) in [4.78, 5) is 1.59. The summed E-state index contributed by atoms with van der Waals surface area (Å²) >= 11 is 6.04. The molecule has 0 atom stereocenters. The standard InChI is InChI=1S/C16H25ClN4O4S2/c1-21(2)8-5-11-3-6-16(7-4-11)19-13-9-12(17)14(26(18,22)23)10-15(13)27(24,25)20-16/h9-11,19-20H,3-8H2,1-2H3,(H2,18,22,23). The number of fused-ring (bicyclic) bond motifs is 1. The zero-order valence-corrected chi connectivity index (χ0v) is 17.7. The van der Waals surface area contributed by atoms with Crippen molar-refractivity contribution in [1.29, 1.82) is 0 Å². The number of hydrogen-bond acceptors (Lipinski definition) is 6. The molecule has 2 aliphatic rings. The number of benzene rings is 1. The summed E-state index contributed by atoms with van der Waals surface area (Å²) in [5.41, 5.74) is -0.467. The van der Waals surface area contributed by atoms with Gasteiger partial charge in [-0.15, -0.1) is 0 Å². The Morgan fingerprint density at radius 3 is 2.48 bits per heavy atom. The Morgan fingerprint density at radius 2 is 1.93 bits per heavy atom. The zero-order chi connectivity index (χ0) is 20.0. The van der Waals surface area contributed by atoms with E-state index in [9.17, 15) is 16.8 Å².